The molecular formula is C14H18BrN3O2. The lowest BCUT2D eigenvalue weighted by Gasteiger charge is -2.30. The highest BCUT2D eigenvalue weighted by Gasteiger charge is 2.18. The van der Waals surface area contributed by atoms with Crippen molar-refractivity contribution in [3.8, 4) is 5.75 Å². The molecule has 1 aromatic heterocycles. The number of benzene rings is 1. The Morgan fingerprint density at radius 3 is 2.65 bits per heavy atom. The van der Waals surface area contributed by atoms with Gasteiger partial charge >= 0.3 is 0 Å². The minimum atomic E-state index is 0. The number of halogens is 1. The molecule has 20 heavy (non-hydrogen) atoms. The van der Waals surface area contributed by atoms with E-state index in [1.54, 1.807) is 18.5 Å². The van der Waals surface area contributed by atoms with Gasteiger partial charge in [-0.15, -0.1) is 17.0 Å². The van der Waals surface area contributed by atoms with Crippen LogP contribution in [0.3, 0.4) is 0 Å². The van der Waals surface area contributed by atoms with Gasteiger partial charge in [0.05, 0.1) is 5.69 Å². The molecular weight excluding hydrogens is 322 g/mol. The van der Waals surface area contributed by atoms with Crippen molar-refractivity contribution in [2.45, 2.75) is 13.0 Å². The monoisotopic (exact) mass is 339 g/mol. The molecule has 0 spiro atoms. The number of phenolic OH excluding ortho intramolecular Hbond substituents is 1. The van der Waals surface area contributed by atoms with E-state index in [2.05, 4.69) is 21.5 Å². The lowest BCUT2D eigenvalue weighted by Crippen LogP contribution is -2.35. The lowest BCUT2D eigenvalue weighted by atomic mass is 10.00. The quantitative estimate of drug-likeness (QED) is 0.875. The first-order chi connectivity index (χ1) is 8.83. The van der Waals surface area contributed by atoms with Crippen LogP contribution in [0.2, 0.25) is 0 Å². The number of aromatic nitrogens is 1. The second-order valence-corrected chi connectivity index (χ2v) is 4.43. The molecule has 4 N–H and O–H groups in total. The van der Waals surface area contributed by atoms with Crippen LogP contribution in [0.4, 0.5) is 5.69 Å². The minimum Gasteiger partial charge on any atom is -0.508 e. The number of hydrogen-bond acceptors (Lipinski definition) is 4. The van der Waals surface area contributed by atoms with Gasteiger partial charge in [0.1, 0.15) is 5.75 Å². The molecule has 2 heterocycles. The highest BCUT2D eigenvalue weighted by molar-refractivity contribution is 8.93. The van der Waals surface area contributed by atoms with E-state index in [1.165, 1.54) is 5.56 Å². The van der Waals surface area contributed by atoms with Crippen molar-refractivity contribution < 1.29 is 10.6 Å². The van der Waals surface area contributed by atoms with Crippen LogP contribution in [0.1, 0.15) is 11.1 Å². The molecule has 0 saturated carbocycles. The summed E-state index contributed by atoms with van der Waals surface area (Å²) < 4.78 is 0. The van der Waals surface area contributed by atoms with Crippen LogP contribution in [-0.2, 0) is 13.0 Å². The van der Waals surface area contributed by atoms with Crippen molar-refractivity contribution in [2.24, 2.45) is 0 Å². The van der Waals surface area contributed by atoms with Gasteiger partial charge in [-0.2, -0.15) is 0 Å². The molecule has 3 rings (SSSR count). The van der Waals surface area contributed by atoms with Crippen LogP contribution in [-0.4, -0.2) is 27.1 Å². The van der Waals surface area contributed by atoms with Crippen molar-refractivity contribution >= 4 is 22.7 Å². The molecule has 0 amide bonds. The Morgan fingerprint density at radius 1 is 1.15 bits per heavy atom. The van der Waals surface area contributed by atoms with Gasteiger partial charge in [-0.05, 0) is 35.7 Å². The third kappa shape index (κ3) is 3.47. The highest BCUT2D eigenvalue weighted by Crippen LogP contribution is 2.26. The van der Waals surface area contributed by atoms with Gasteiger partial charge < -0.3 is 16.0 Å². The predicted molar refractivity (Wildman–Crippen MR) is 84.0 cm³/mol. The topological polar surface area (TPSA) is 79.9 Å². The van der Waals surface area contributed by atoms with Gasteiger partial charge in [0.2, 0.25) is 0 Å². The number of hydrazine groups is 1. The molecule has 0 atom stereocenters. The molecule has 5 nitrogen and oxygen atoms in total. The summed E-state index contributed by atoms with van der Waals surface area (Å²) in [6.07, 6.45) is 4.40. The molecule has 0 saturated heterocycles. The molecule has 0 unspecified atom stereocenters. The Labute approximate surface area is 128 Å². The number of hydrogen-bond donors (Lipinski definition) is 2. The van der Waals surface area contributed by atoms with E-state index in [1.807, 2.05) is 18.2 Å². The third-order valence-electron chi connectivity index (χ3n) is 3.21. The SMILES string of the molecule is Br.O.Oc1cccc2c1CCN(Nc1ccncc1)C2. The van der Waals surface area contributed by atoms with Crippen LogP contribution < -0.4 is 5.43 Å². The summed E-state index contributed by atoms with van der Waals surface area (Å²) in [4.78, 5) is 3.99. The summed E-state index contributed by atoms with van der Waals surface area (Å²) in [5.74, 6) is 0.413. The Balaban J connectivity index is 0.000001000. The van der Waals surface area contributed by atoms with E-state index in [0.717, 1.165) is 30.8 Å². The second kappa shape index (κ2) is 7.23. The molecule has 0 bridgehead atoms. The van der Waals surface area contributed by atoms with Crippen LogP contribution in [0.5, 0.6) is 5.75 Å². The largest absolute Gasteiger partial charge is 0.508 e. The van der Waals surface area contributed by atoms with E-state index < -0.39 is 0 Å². The number of fused-ring (bicyclic) bond motifs is 1. The van der Waals surface area contributed by atoms with Crippen molar-refractivity contribution in [2.75, 3.05) is 12.0 Å². The highest BCUT2D eigenvalue weighted by atomic mass is 79.9. The van der Waals surface area contributed by atoms with E-state index in [9.17, 15) is 5.11 Å². The first-order valence-corrected chi connectivity index (χ1v) is 6.04. The molecule has 0 aliphatic carbocycles. The van der Waals surface area contributed by atoms with Gasteiger partial charge in [0.15, 0.2) is 0 Å². The summed E-state index contributed by atoms with van der Waals surface area (Å²) in [5.41, 5.74) is 6.65. The van der Waals surface area contributed by atoms with E-state index in [-0.39, 0.29) is 22.5 Å². The Kier molecular flexibility index (Phi) is 5.94. The van der Waals surface area contributed by atoms with Crippen LogP contribution in [0.15, 0.2) is 42.7 Å². The average Bonchev–Trinajstić information content (AvgIpc) is 2.40. The number of aromatic hydroxyl groups is 1. The maximum Gasteiger partial charge on any atom is 0.119 e. The fourth-order valence-electron chi connectivity index (χ4n) is 2.29. The number of nitrogens with zero attached hydrogens (tertiary/aromatic N) is 2. The fourth-order valence-corrected chi connectivity index (χ4v) is 2.29. The zero-order valence-electron chi connectivity index (χ0n) is 10.9. The van der Waals surface area contributed by atoms with Gasteiger partial charge in [-0.1, -0.05) is 12.1 Å². The number of nitrogens with one attached hydrogen (secondary N) is 1. The normalized spacial score (nSPS) is 13.6. The predicted octanol–water partition coefficient (Wildman–Crippen LogP) is 1.93. The molecule has 1 aliphatic heterocycles. The van der Waals surface area contributed by atoms with E-state index in [0.29, 0.717) is 5.75 Å². The standard InChI is InChI=1S/C14H15N3O.BrH.H2O/c18-14-3-1-2-11-10-17(9-6-13(11)14)16-12-4-7-15-8-5-12;;/h1-5,7-8,18H,6,9-10H2,(H,15,16);1H;1H2. The summed E-state index contributed by atoms with van der Waals surface area (Å²) in [5, 5.41) is 11.9. The summed E-state index contributed by atoms with van der Waals surface area (Å²) in [6, 6.07) is 9.60. The zero-order valence-corrected chi connectivity index (χ0v) is 12.6. The zero-order chi connectivity index (χ0) is 12.4. The van der Waals surface area contributed by atoms with Crippen LogP contribution in [0.25, 0.3) is 0 Å². The van der Waals surface area contributed by atoms with E-state index >= 15 is 0 Å². The fraction of sp³-hybridized carbons (Fsp3) is 0.214. The molecule has 1 aliphatic rings. The maximum atomic E-state index is 9.79. The van der Waals surface area contributed by atoms with Gasteiger partial charge in [-0.3, -0.25) is 4.98 Å². The maximum absolute atomic E-state index is 9.79. The third-order valence-corrected chi connectivity index (χ3v) is 3.21. The van der Waals surface area contributed by atoms with Crippen LogP contribution in [0, 0.1) is 0 Å². The molecule has 0 fully saturated rings. The van der Waals surface area contributed by atoms with Crippen LogP contribution >= 0.6 is 17.0 Å². The number of pyridine rings is 1. The van der Waals surface area contributed by atoms with Crippen molar-refractivity contribution in [3.63, 3.8) is 0 Å². The van der Waals surface area contributed by atoms with Gasteiger partial charge in [0, 0.05) is 25.5 Å². The first kappa shape index (κ1) is 16.4. The Morgan fingerprint density at radius 2 is 1.90 bits per heavy atom. The van der Waals surface area contributed by atoms with Crippen molar-refractivity contribution in [1.82, 2.24) is 9.99 Å². The molecule has 2 aromatic rings. The summed E-state index contributed by atoms with van der Waals surface area (Å²) in [6.45, 7) is 1.68. The second-order valence-electron chi connectivity index (χ2n) is 4.43. The summed E-state index contributed by atoms with van der Waals surface area (Å²) >= 11 is 0. The van der Waals surface area contributed by atoms with Gasteiger partial charge in [-0.25, -0.2) is 5.01 Å². The minimum absolute atomic E-state index is 0. The smallest absolute Gasteiger partial charge is 0.119 e. The Bertz CT molecular complexity index is 551. The van der Waals surface area contributed by atoms with Gasteiger partial charge in [0.25, 0.3) is 0 Å². The lowest BCUT2D eigenvalue weighted by molar-refractivity contribution is 0.303. The Hall–Kier alpha value is -1.63. The van der Waals surface area contributed by atoms with E-state index in [4.69, 9.17) is 0 Å². The number of phenols is 1. The first-order valence-electron chi connectivity index (χ1n) is 6.04. The number of rotatable bonds is 2. The average molecular weight is 340 g/mol. The van der Waals surface area contributed by atoms with Crippen molar-refractivity contribution in [1.29, 1.82) is 0 Å². The number of anilines is 1. The molecule has 0 radical (unpaired) electrons. The molecule has 1 aromatic carbocycles. The molecule has 6 heteroatoms. The summed E-state index contributed by atoms with van der Waals surface area (Å²) in [7, 11) is 0. The molecule has 108 valence electrons. The van der Waals surface area contributed by atoms with Crippen molar-refractivity contribution in [3.05, 3.63) is 53.9 Å².